The van der Waals surface area contributed by atoms with Crippen LogP contribution in [0.2, 0.25) is 0 Å². The zero-order valence-electron chi connectivity index (χ0n) is 24.4. The molecular formula is C44H26O. The Balaban J connectivity index is 1.17. The van der Waals surface area contributed by atoms with Crippen LogP contribution in [0.5, 0.6) is 0 Å². The van der Waals surface area contributed by atoms with Gasteiger partial charge in [-0.25, -0.2) is 0 Å². The summed E-state index contributed by atoms with van der Waals surface area (Å²) in [6.45, 7) is 0. The molecule has 1 heterocycles. The van der Waals surface area contributed by atoms with Gasteiger partial charge in [0, 0.05) is 21.7 Å². The third-order valence-electron chi connectivity index (χ3n) is 9.62. The summed E-state index contributed by atoms with van der Waals surface area (Å²) in [6.07, 6.45) is 0. The average Bonchev–Trinajstić information content (AvgIpc) is 3.50. The predicted molar refractivity (Wildman–Crippen MR) is 192 cm³/mol. The lowest BCUT2D eigenvalue weighted by Crippen LogP contribution is -1.85. The summed E-state index contributed by atoms with van der Waals surface area (Å²) < 4.78 is 6.69. The lowest BCUT2D eigenvalue weighted by atomic mass is 9.92. The first-order valence-corrected chi connectivity index (χ1v) is 15.5. The average molecular weight is 571 g/mol. The quantitative estimate of drug-likeness (QED) is 0.188. The Labute approximate surface area is 259 Å². The highest BCUT2D eigenvalue weighted by molar-refractivity contribution is 6.20. The van der Waals surface area contributed by atoms with Gasteiger partial charge in [-0.15, -0.1) is 0 Å². The van der Waals surface area contributed by atoms with E-state index in [1.807, 2.05) is 0 Å². The van der Waals surface area contributed by atoms with Crippen molar-refractivity contribution in [2.45, 2.75) is 0 Å². The van der Waals surface area contributed by atoms with Crippen LogP contribution >= 0.6 is 0 Å². The lowest BCUT2D eigenvalue weighted by Gasteiger charge is -2.11. The molecule has 208 valence electrons. The lowest BCUT2D eigenvalue weighted by molar-refractivity contribution is 0.674. The Morgan fingerprint density at radius 2 is 0.778 bits per heavy atom. The van der Waals surface area contributed by atoms with Crippen molar-refractivity contribution in [3.05, 3.63) is 158 Å². The van der Waals surface area contributed by atoms with Gasteiger partial charge in [-0.05, 0) is 89.4 Å². The monoisotopic (exact) mass is 570 g/mol. The summed E-state index contributed by atoms with van der Waals surface area (Å²) in [5, 5.41) is 14.7. The van der Waals surface area contributed by atoms with Gasteiger partial charge in [-0.3, -0.25) is 0 Å². The van der Waals surface area contributed by atoms with Crippen molar-refractivity contribution in [3.63, 3.8) is 0 Å². The highest BCUT2D eigenvalue weighted by Crippen LogP contribution is 2.41. The van der Waals surface area contributed by atoms with Crippen molar-refractivity contribution in [1.29, 1.82) is 0 Å². The molecule has 0 bridgehead atoms. The molecule has 0 saturated heterocycles. The van der Waals surface area contributed by atoms with E-state index in [9.17, 15) is 0 Å². The number of rotatable bonds is 2. The van der Waals surface area contributed by atoms with Crippen LogP contribution in [0.3, 0.4) is 0 Å². The highest BCUT2D eigenvalue weighted by atomic mass is 16.3. The Kier molecular flexibility index (Phi) is 5.06. The van der Waals surface area contributed by atoms with E-state index in [0.29, 0.717) is 0 Å². The fourth-order valence-electron chi connectivity index (χ4n) is 7.33. The summed E-state index contributed by atoms with van der Waals surface area (Å²) in [4.78, 5) is 0. The fourth-order valence-corrected chi connectivity index (χ4v) is 7.33. The van der Waals surface area contributed by atoms with Crippen LogP contribution in [0.1, 0.15) is 0 Å². The third kappa shape index (κ3) is 3.68. The van der Waals surface area contributed by atoms with Gasteiger partial charge in [0.25, 0.3) is 0 Å². The van der Waals surface area contributed by atoms with E-state index in [-0.39, 0.29) is 0 Å². The normalized spacial score (nSPS) is 12.0. The SMILES string of the molecule is c1ccc2cc(-c3ccc4ccc5c6cc(-c7cccc8c7oc7c9ccccc9ccc87)ccc6ccc5c4c3)ccc2c1. The van der Waals surface area contributed by atoms with Crippen molar-refractivity contribution in [2.24, 2.45) is 0 Å². The Hall–Kier alpha value is -5.92. The summed E-state index contributed by atoms with van der Waals surface area (Å²) >= 11 is 0. The molecule has 0 aliphatic carbocycles. The zero-order valence-corrected chi connectivity index (χ0v) is 24.4. The molecule has 10 rings (SSSR count). The second-order valence-corrected chi connectivity index (χ2v) is 12.1. The van der Waals surface area contributed by atoms with E-state index in [4.69, 9.17) is 4.42 Å². The molecule has 9 aromatic carbocycles. The minimum atomic E-state index is 0.939. The summed E-state index contributed by atoms with van der Waals surface area (Å²) in [5.74, 6) is 0. The van der Waals surface area contributed by atoms with Crippen LogP contribution in [0.15, 0.2) is 162 Å². The molecule has 0 amide bonds. The van der Waals surface area contributed by atoms with Crippen LogP contribution < -0.4 is 0 Å². The summed E-state index contributed by atoms with van der Waals surface area (Å²) in [5.41, 5.74) is 6.64. The van der Waals surface area contributed by atoms with Gasteiger partial charge >= 0.3 is 0 Å². The first-order chi connectivity index (χ1) is 22.3. The van der Waals surface area contributed by atoms with Crippen LogP contribution in [0, 0.1) is 0 Å². The highest BCUT2D eigenvalue weighted by Gasteiger charge is 2.15. The predicted octanol–water partition coefficient (Wildman–Crippen LogP) is 12.7. The van der Waals surface area contributed by atoms with Crippen molar-refractivity contribution >= 4 is 75.8 Å². The van der Waals surface area contributed by atoms with Gasteiger partial charge in [-0.2, -0.15) is 0 Å². The largest absolute Gasteiger partial charge is 0.455 e. The molecule has 1 heteroatoms. The molecule has 0 radical (unpaired) electrons. The second kappa shape index (κ2) is 9.29. The maximum Gasteiger partial charge on any atom is 0.143 e. The Bertz CT molecular complexity index is 2820. The molecule has 0 fully saturated rings. The van der Waals surface area contributed by atoms with E-state index in [0.717, 1.165) is 38.5 Å². The van der Waals surface area contributed by atoms with Crippen molar-refractivity contribution < 1.29 is 4.42 Å². The molecule has 1 nitrogen and oxygen atoms in total. The maximum atomic E-state index is 6.69. The molecule has 0 atom stereocenters. The van der Waals surface area contributed by atoms with Crippen molar-refractivity contribution in [1.82, 2.24) is 0 Å². The maximum absolute atomic E-state index is 6.69. The van der Waals surface area contributed by atoms with E-state index >= 15 is 0 Å². The summed E-state index contributed by atoms with van der Waals surface area (Å²) in [6, 6.07) is 57.4. The molecule has 0 aliphatic rings. The number of furan rings is 1. The Morgan fingerprint density at radius 1 is 0.267 bits per heavy atom. The molecule has 0 unspecified atom stereocenters. The van der Waals surface area contributed by atoms with Gasteiger partial charge in [0.2, 0.25) is 0 Å². The third-order valence-corrected chi connectivity index (χ3v) is 9.62. The smallest absolute Gasteiger partial charge is 0.143 e. The second-order valence-electron chi connectivity index (χ2n) is 12.1. The van der Waals surface area contributed by atoms with Gasteiger partial charge in [0.05, 0.1) is 0 Å². The zero-order chi connectivity index (χ0) is 29.5. The Morgan fingerprint density at radius 3 is 1.56 bits per heavy atom. The van der Waals surface area contributed by atoms with Crippen LogP contribution in [-0.2, 0) is 0 Å². The van der Waals surface area contributed by atoms with Gasteiger partial charge in [-0.1, -0.05) is 133 Å². The van der Waals surface area contributed by atoms with Gasteiger partial charge < -0.3 is 4.42 Å². The van der Waals surface area contributed by atoms with E-state index in [1.54, 1.807) is 0 Å². The van der Waals surface area contributed by atoms with E-state index < -0.39 is 0 Å². The van der Waals surface area contributed by atoms with Gasteiger partial charge in [0.1, 0.15) is 11.2 Å². The molecule has 0 spiro atoms. The number of hydrogen-bond donors (Lipinski definition) is 0. The minimum absolute atomic E-state index is 0.939. The first kappa shape index (κ1) is 24.5. The van der Waals surface area contributed by atoms with E-state index in [2.05, 4.69) is 158 Å². The molecule has 0 aliphatic heterocycles. The minimum Gasteiger partial charge on any atom is -0.455 e. The number of benzene rings is 9. The topological polar surface area (TPSA) is 13.1 Å². The van der Waals surface area contributed by atoms with Crippen molar-refractivity contribution in [2.75, 3.05) is 0 Å². The van der Waals surface area contributed by atoms with E-state index in [1.165, 1.54) is 59.6 Å². The van der Waals surface area contributed by atoms with Crippen molar-refractivity contribution in [3.8, 4) is 22.3 Å². The first-order valence-electron chi connectivity index (χ1n) is 15.5. The standard InChI is InChI=1S/C44H26O/c1-2-8-31-24-32(15-12-27(31)6-1)33-16-13-29-18-22-38-37(41(29)25-33)21-19-30-14-17-34(26-42(30)38)36-10-5-11-39-40-23-20-28-7-3-4-9-35(28)43(40)45-44(36)39/h1-26H. The molecule has 0 N–H and O–H groups in total. The fraction of sp³-hybridized carbons (Fsp3) is 0. The van der Waals surface area contributed by atoms with Crippen LogP contribution in [0.4, 0.5) is 0 Å². The van der Waals surface area contributed by atoms with Crippen LogP contribution in [0.25, 0.3) is 98.1 Å². The van der Waals surface area contributed by atoms with Crippen LogP contribution in [-0.4, -0.2) is 0 Å². The molecule has 10 aromatic rings. The molecule has 0 saturated carbocycles. The number of fused-ring (bicyclic) bond motifs is 11. The number of hydrogen-bond acceptors (Lipinski definition) is 1. The van der Waals surface area contributed by atoms with Gasteiger partial charge in [0.15, 0.2) is 0 Å². The number of para-hydroxylation sites is 1. The molecular weight excluding hydrogens is 544 g/mol. The molecule has 45 heavy (non-hydrogen) atoms. The summed E-state index contributed by atoms with van der Waals surface area (Å²) in [7, 11) is 0. The molecule has 1 aromatic heterocycles.